The molecule has 0 spiro atoms. The number of benzene rings is 2. The van der Waals surface area contributed by atoms with Gasteiger partial charge in [-0.1, -0.05) is 12.1 Å². The number of para-hydroxylation sites is 1. The Morgan fingerprint density at radius 1 is 1.04 bits per heavy atom. The molecular weight excluding hydrogens is 321 g/mol. The van der Waals surface area contributed by atoms with Crippen molar-refractivity contribution >= 4 is 0 Å². The molecule has 0 radical (unpaired) electrons. The number of nitriles is 1. The highest BCUT2D eigenvalue weighted by Crippen LogP contribution is 2.33. The molecule has 3 rings (SSSR count). The molecule has 0 aliphatic carbocycles. The maximum absolute atomic E-state index is 14.1. The molecule has 1 N–H and O–H groups in total. The van der Waals surface area contributed by atoms with E-state index in [4.69, 9.17) is 10.00 Å². The van der Waals surface area contributed by atoms with Crippen LogP contribution in [0, 0.1) is 28.8 Å². The quantitative estimate of drug-likeness (QED) is 0.796. The van der Waals surface area contributed by atoms with Gasteiger partial charge in [-0.2, -0.15) is 15.6 Å². The Morgan fingerprint density at radius 2 is 1.88 bits per heavy atom. The van der Waals surface area contributed by atoms with Crippen molar-refractivity contribution in [3.63, 3.8) is 0 Å². The predicted molar refractivity (Wildman–Crippen MR) is 77.2 cm³/mol. The van der Waals surface area contributed by atoms with Gasteiger partial charge >= 0.3 is 0 Å². The van der Waals surface area contributed by atoms with Crippen LogP contribution in [-0.4, -0.2) is 15.4 Å². The summed E-state index contributed by atoms with van der Waals surface area (Å²) in [4.78, 5) is 0. The normalized spacial score (nSPS) is 10.4. The summed E-state index contributed by atoms with van der Waals surface area (Å²) < 4.78 is 45.7. The van der Waals surface area contributed by atoms with Crippen LogP contribution in [0.5, 0.6) is 5.75 Å². The van der Waals surface area contributed by atoms with Crippen LogP contribution < -0.4 is 4.74 Å². The first kappa shape index (κ1) is 15.6. The summed E-state index contributed by atoms with van der Waals surface area (Å²) in [6.45, 7) is -0.190. The van der Waals surface area contributed by atoms with Crippen molar-refractivity contribution < 1.29 is 17.9 Å². The fourth-order valence-electron chi connectivity index (χ4n) is 2.12. The number of aromatic nitrogens is 3. The summed E-state index contributed by atoms with van der Waals surface area (Å²) in [6.07, 6.45) is 0. The second-order valence-corrected chi connectivity index (χ2v) is 4.79. The van der Waals surface area contributed by atoms with Gasteiger partial charge in [0.05, 0.1) is 5.56 Å². The highest BCUT2D eigenvalue weighted by molar-refractivity contribution is 5.70. The highest BCUT2D eigenvalue weighted by Gasteiger charge is 2.18. The standard InChI is InChI=1S/C16H9F3N4O/c17-11-5-4-9(6-13(11)19)8-24-16-10(2-1-3-12(16)18)15-14(7-20)21-23-22-15/h1-6H,8H2,(H,21,22,23). The second kappa shape index (κ2) is 6.42. The molecular formula is C16H9F3N4O. The number of nitrogens with one attached hydrogen (secondary N) is 1. The number of hydrogen-bond donors (Lipinski definition) is 1. The number of H-pyrrole nitrogens is 1. The van der Waals surface area contributed by atoms with E-state index in [9.17, 15) is 13.2 Å². The van der Waals surface area contributed by atoms with Crippen molar-refractivity contribution in [1.82, 2.24) is 15.4 Å². The molecule has 0 bridgehead atoms. The van der Waals surface area contributed by atoms with Crippen LogP contribution in [-0.2, 0) is 6.61 Å². The summed E-state index contributed by atoms with van der Waals surface area (Å²) >= 11 is 0. The molecule has 0 atom stereocenters. The van der Waals surface area contributed by atoms with E-state index in [1.807, 2.05) is 6.07 Å². The molecule has 8 heteroatoms. The van der Waals surface area contributed by atoms with Gasteiger partial charge in [0.2, 0.25) is 0 Å². The highest BCUT2D eigenvalue weighted by atomic mass is 19.2. The van der Waals surface area contributed by atoms with E-state index in [0.717, 1.165) is 12.1 Å². The van der Waals surface area contributed by atoms with Crippen LogP contribution in [0.4, 0.5) is 13.2 Å². The number of rotatable bonds is 4. The Morgan fingerprint density at radius 3 is 2.62 bits per heavy atom. The van der Waals surface area contributed by atoms with Gasteiger partial charge in [0.1, 0.15) is 18.4 Å². The molecule has 0 saturated carbocycles. The van der Waals surface area contributed by atoms with Crippen LogP contribution in [0.2, 0.25) is 0 Å². The number of halogens is 3. The molecule has 3 aromatic rings. The molecule has 24 heavy (non-hydrogen) atoms. The van der Waals surface area contributed by atoms with E-state index in [1.54, 1.807) is 0 Å². The summed E-state index contributed by atoms with van der Waals surface area (Å²) in [5.74, 6) is -2.84. The first-order valence-corrected chi connectivity index (χ1v) is 6.76. The van der Waals surface area contributed by atoms with Crippen LogP contribution >= 0.6 is 0 Å². The zero-order chi connectivity index (χ0) is 17.1. The van der Waals surface area contributed by atoms with Crippen molar-refractivity contribution in [3.8, 4) is 23.1 Å². The van der Waals surface area contributed by atoms with Gasteiger partial charge < -0.3 is 4.74 Å². The lowest BCUT2D eigenvalue weighted by Crippen LogP contribution is -2.01. The molecule has 0 unspecified atom stereocenters. The SMILES string of the molecule is N#Cc1n[nH]nc1-c1cccc(F)c1OCc1ccc(F)c(F)c1. The summed E-state index contributed by atoms with van der Waals surface area (Å²) in [5, 5.41) is 18.8. The van der Waals surface area contributed by atoms with Gasteiger partial charge in [0, 0.05) is 0 Å². The number of hydrogen-bond acceptors (Lipinski definition) is 4. The molecule has 0 aliphatic heterocycles. The van der Waals surface area contributed by atoms with Crippen molar-refractivity contribution in [2.45, 2.75) is 6.61 Å². The van der Waals surface area contributed by atoms with Crippen LogP contribution in [0.1, 0.15) is 11.3 Å². The molecule has 2 aromatic carbocycles. The van der Waals surface area contributed by atoms with Gasteiger partial charge in [-0.3, -0.25) is 0 Å². The maximum atomic E-state index is 14.1. The van der Waals surface area contributed by atoms with Crippen molar-refractivity contribution in [2.24, 2.45) is 0 Å². The summed E-state index contributed by atoms with van der Waals surface area (Å²) in [5.41, 5.74) is 0.669. The Labute approximate surface area is 134 Å². The van der Waals surface area contributed by atoms with Gasteiger partial charge in [-0.15, -0.1) is 5.10 Å². The Bertz CT molecular complexity index is 933. The van der Waals surface area contributed by atoms with E-state index in [0.29, 0.717) is 5.56 Å². The number of nitrogens with zero attached hydrogens (tertiary/aromatic N) is 3. The van der Waals surface area contributed by atoms with Crippen LogP contribution in [0.3, 0.4) is 0 Å². The van der Waals surface area contributed by atoms with Crippen LogP contribution in [0.15, 0.2) is 36.4 Å². The smallest absolute Gasteiger partial charge is 0.190 e. The average Bonchev–Trinajstić information content (AvgIpc) is 3.05. The zero-order valence-corrected chi connectivity index (χ0v) is 12.1. The Hall–Kier alpha value is -3.34. The van der Waals surface area contributed by atoms with Crippen molar-refractivity contribution in [2.75, 3.05) is 0 Å². The topological polar surface area (TPSA) is 74.6 Å². The van der Waals surface area contributed by atoms with Gasteiger partial charge in [-0.25, -0.2) is 13.2 Å². The summed E-state index contributed by atoms with van der Waals surface area (Å²) in [7, 11) is 0. The van der Waals surface area contributed by atoms with E-state index < -0.39 is 17.5 Å². The van der Waals surface area contributed by atoms with Crippen molar-refractivity contribution in [1.29, 1.82) is 5.26 Å². The lowest BCUT2D eigenvalue weighted by molar-refractivity contribution is 0.290. The van der Waals surface area contributed by atoms with Gasteiger partial charge in [0.15, 0.2) is 28.9 Å². The molecule has 1 heterocycles. The minimum absolute atomic E-state index is 0.0155. The lowest BCUT2D eigenvalue weighted by Gasteiger charge is -2.11. The maximum Gasteiger partial charge on any atom is 0.190 e. The molecule has 0 aliphatic rings. The molecule has 0 fully saturated rings. The first-order valence-electron chi connectivity index (χ1n) is 6.76. The molecule has 5 nitrogen and oxygen atoms in total. The van der Waals surface area contributed by atoms with E-state index in [-0.39, 0.29) is 29.3 Å². The Kier molecular flexibility index (Phi) is 4.16. The van der Waals surface area contributed by atoms with Gasteiger partial charge in [-0.05, 0) is 29.8 Å². The fraction of sp³-hybridized carbons (Fsp3) is 0.0625. The third-order valence-corrected chi connectivity index (χ3v) is 3.24. The molecule has 120 valence electrons. The number of ether oxygens (including phenoxy) is 1. The first-order chi connectivity index (χ1) is 11.6. The zero-order valence-electron chi connectivity index (χ0n) is 12.1. The molecule has 1 aromatic heterocycles. The van der Waals surface area contributed by atoms with Crippen molar-refractivity contribution in [3.05, 3.63) is 65.1 Å². The third kappa shape index (κ3) is 2.92. The number of aromatic amines is 1. The minimum atomic E-state index is -1.02. The molecule has 0 saturated heterocycles. The van der Waals surface area contributed by atoms with Crippen LogP contribution in [0.25, 0.3) is 11.3 Å². The second-order valence-electron chi connectivity index (χ2n) is 4.79. The third-order valence-electron chi connectivity index (χ3n) is 3.24. The van der Waals surface area contributed by atoms with E-state index in [2.05, 4.69) is 15.4 Å². The van der Waals surface area contributed by atoms with E-state index in [1.165, 1.54) is 24.3 Å². The predicted octanol–water partition coefficient (Wildman–Crippen LogP) is 3.34. The largest absolute Gasteiger partial charge is 0.485 e. The minimum Gasteiger partial charge on any atom is -0.485 e. The molecule has 0 amide bonds. The van der Waals surface area contributed by atoms with Gasteiger partial charge in [0.25, 0.3) is 0 Å². The average molecular weight is 330 g/mol. The fourth-order valence-corrected chi connectivity index (χ4v) is 2.12. The summed E-state index contributed by atoms with van der Waals surface area (Å²) in [6, 6.07) is 9.22. The lowest BCUT2D eigenvalue weighted by atomic mass is 10.1. The van der Waals surface area contributed by atoms with E-state index >= 15 is 0 Å². The monoisotopic (exact) mass is 330 g/mol. The Balaban J connectivity index is 1.93.